The first-order valence-corrected chi connectivity index (χ1v) is 11.9. The molecule has 2 aromatic carbocycles. The number of likely N-dealkylation sites (tertiary alicyclic amines) is 1. The van der Waals surface area contributed by atoms with Gasteiger partial charge in [0, 0.05) is 19.6 Å². The highest BCUT2D eigenvalue weighted by atomic mass is 19.4. The predicted molar refractivity (Wildman–Crippen MR) is 124 cm³/mol. The van der Waals surface area contributed by atoms with Gasteiger partial charge in [0.15, 0.2) is 0 Å². The first-order chi connectivity index (χ1) is 16.7. The Morgan fingerprint density at radius 2 is 1.69 bits per heavy atom. The fourth-order valence-corrected chi connectivity index (χ4v) is 5.00. The summed E-state index contributed by atoms with van der Waals surface area (Å²) in [7, 11) is 1.00. The Morgan fingerprint density at radius 1 is 1.03 bits per heavy atom. The fourth-order valence-electron chi connectivity index (χ4n) is 5.00. The average molecular weight is 502 g/mol. The van der Waals surface area contributed by atoms with Crippen LogP contribution < -0.4 is 4.74 Å². The van der Waals surface area contributed by atoms with Gasteiger partial charge in [0.2, 0.25) is 0 Å². The first-order valence-electron chi connectivity index (χ1n) is 11.9. The third kappa shape index (κ3) is 6.91. The Kier molecular flexibility index (Phi) is 9.47. The molecule has 1 N–H and O–H groups in total. The van der Waals surface area contributed by atoms with Crippen LogP contribution in [0.1, 0.15) is 56.1 Å². The zero-order valence-electron chi connectivity index (χ0n) is 19.7. The molecule has 2 aromatic rings. The molecule has 35 heavy (non-hydrogen) atoms. The maximum Gasteiger partial charge on any atom is 0.391 e. The second-order valence-electron chi connectivity index (χ2n) is 9.22. The molecule has 2 fully saturated rings. The van der Waals surface area contributed by atoms with E-state index < -0.39 is 24.6 Å². The van der Waals surface area contributed by atoms with E-state index in [0.29, 0.717) is 17.3 Å². The number of alkyl halides is 5. The molecule has 1 heterocycles. The van der Waals surface area contributed by atoms with Crippen LogP contribution in [0.2, 0.25) is 0 Å². The quantitative estimate of drug-likeness (QED) is 0.373. The molecule has 1 saturated carbocycles. The molecule has 1 saturated heterocycles. The minimum absolute atomic E-state index is 0.0424. The minimum Gasteiger partial charge on any atom is -0.490 e. The summed E-state index contributed by atoms with van der Waals surface area (Å²) in [6.45, 7) is 2.34. The molecule has 0 unspecified atom stereocenters. The maximum atomic E-state index is 14.0. The molecule has 0 spiro atoms. The number of piperidine rings is 1. The van der Waals surface area contributed by atoms with E-state index in [1.165, 1.54) is 6.07 Å². The highest BCUT2D eigenvalue weighted by molar-refractivity contribution is 5.88. The maximum absolute atomic E-state index is 14.0. The molecule has 194 valence electrons. The largest absolute Gasteiger partial charge is 0.490 e. The molecule has 0 atom stereocenters. The summed E-state index contributed by atoms with van der Waals surface area (Å²) in [5.41, 5.74) is 0.801. The number of hydrogen-bond donors (Lipinski definition) is 1. The Hall–Kier alpha value is -2.26. The van der Waals surface area contributed by atoms with Crippen molar-refractivity contribution in [2.45, 2.75) is 63.8 Å². The van der Waals surface area contributed by atoms with Crippen LogP contribution in [0.25, 0.3) is 10.8 Å². The number of aliphatic hydroxyl groups excluding tert-OH is 1. The summed E-state index contributed by atoms with van der Waals surface area (Å²) >= 11 is 0. The number of aldehydes is 1. The van der Waals surface area contributed by atoms with E-state index in [4.69, 9.17) is 9.84 Å². The molecule has 0 aromatic heterocycles. The number of nitrogens with zero attached hydrogens (tertiary/aromatic N) is 1. The van der Waals surface area contributed by atoms with Crippen LogP contribution in [0.15, 0.2) is 30.3 Å². The van der Waals surface area contributed by atoms with Crippen LogP contribution in [0, 0.1) is 11.8 Å². The lowest BCUT2D eigenvalue weighted by Gasteiger charge is -2.31. The molecular formula is C26H32F5NO3. The number of hydrogen-bond acceptors (Lipinski definition) is 4. The van der Waals surface area contributed by atoms with Gasteiger partial charge < -0.3 is 14.6 Å². The lowest BCUT2D eigenvalue weighted by atomic mass is 9.87. The molecule has 4 nitrogen and oxygen atoms in total. The topological polar surface area (TPSA) is 49.8 Å². The van der Waals surface area contributed by atoms with Crippen molar-refractivity contribution >= 4 is 17.1 Å². The van der Waals surface area contributed by atoms with E-state index in [-0.39, 0.29) is 42.9 Å². The van der Waals surface area contributed by atoms with Crippen molar-refractivity contribution in [3.8, 4) is 5.75 Å². The summed E-state index contributed by atoms with van der Waals surface area (Å²) in [6.07, 6.45) is -4.48. The second-order valence-corrected chi connectivity index (χ2v) is 9.22. The summed E-state index contributed by atoms with van der Waals surface area (Å²) in [5.74, 6) is -1.17. The van der Waals surface area contributed by atoms with Gasteiger partial charge in [-0.3, -0.25) is 4.90 Å². The summed E-state index contributed by atoms with van der Waals surface area (Å²) < 4.78 is 72.5. The second kappa shape index (κ2) is 12.1. The molecule has 0 amide bonds. The Morgan fingerprint density at radius 3 is 2.26 bits per heavy atom. The molecule has 0 bridgehead atoms. The van der Waals surface area contributed by atoms with Crippen molar-refractivity contribution in [2.24, 2.45) is 11.8 Å². The normalized spacial score (nSPS) is 22.1. The van der Waals surface area contributed by atoms with Crippen molar-refractivity contribution in [3.05, 3.63) is 41.5 Å². The Bertz CT molecular complexity index is 965. The zero-order valence-corrected chi connectivity index (χ0v) is 19.7. The number of carbonyl (C=O) groups is 1. The molecular weight excluding hydrogens is 469 g/mol. The van der Waals surface area contributed by atoms with Crippen molar-refractivity contribution in [1.82, 2.24) is 4.90 Å². The number of halogens is 5. The first kappa shape index (κ1) is 27.3. The third-order valence-corrected chi connectivity index (χ3v) is 6.97. The number of fused-ring (bicyclic) bond motifs is 1. The molecule has 2 aliphatic rings. The molecule has 1 aliphatic carbocycles. The van der Waals surface area contributed by atoms with E-state index in [2.05, 4.69) is 4.90 Å². The zero-order chi connectivity index (χ0) is 25.6. The van der Waals surface area contributed by atoms with Gasteiger partial charge >= 0.3 is 6.18 Å². The van der Waals surface area contributed by atoms with Crippen molar-refractivity contribution in [1.29, 1.82) is 0 Å². The van der Waals surface area contributed by atoms with Crippen molar-refractivity contribution in [2.75, 3.05) is 20.2 Å². The van der Waals surface area contributed by atoms with E-state index in [9.17, 15) is 26.7 Å². The van der Waals surface area contributed by atoms with E-state index >= 15 is 0 Å². The highest BCUT2D eigenvalue weighted by Gasteiger charge is 2.42. The number of benzene rings is 2. The molecule has 9 heteroatoms. The summed E-state index contributed by atoms with van der Waals surface area (Å²) in [5, 5.41) is 8.08. The number of rotatable bonds is 6. The van der Waals surface area contributed by atoms with Crippen LogP contribution in [-0.4, -0.2) is 48.8 Å². The van der Waals surface area contributed by atoms with Gasteiger partial charge in [0.1, 0.15) is 12.0 Å². The van der Waals surface area contributed by atoms with Gasteiger partial charge in [0.05, 0.1) is 17.6 Å². The standard InChI is InChI=1S/C25H28F5NO2.CH4O/c26-24(27)23-21-7-1-17(14-31-11-9-16(15-32)10-12-31)13-18(21)2-8-22(23)33-20-5-3-19(4-6-20)25(28,29)30;1-2/h1-2,7-8,13,15-16,19-20,24H,3-6,9-12,14H2;2H,1H3. The molecule has 1 aliphatic heterocycles. The van der Waals surface area contributed by atoms with Crippen LogP contribution >= 0.6 is 0 Å². The van der Waals surface area contributed by atoms with E-state index in [0.717, 1.165) is 44.9 Å². The van der Waals surface area contributed by atoms with E-state index in [1.807, 2.05) is 12.1 Å². The number of ether oxygens (including phenoxy) is 1. The highest BCUT2D eigenvalue weighted by Crippen LogP contribution is 2.41. The smallest absolute Gasteiger partial charge is 0.391 e. The molecule has 0 radical (unpaired) electrons. The summed E-state index contributed by atoms with van der Waals surface area (Å²) in [6, 6.07) is 8.65. The Labute approximate surface area is 202 Å². The van der Waals surface area contributed by atoms with Gasteiger partial charge in [-0.05, 0) is 80.1 Å². The van der Waals surface area contributed by atoms with Gasteiger partial charge in [0.25, 0.3) is 6.43 Å². The van der Waals surface area contributed by atoms with Crippen molar-refractivity contribution < 1.29 is 36.6 Å². The van der Waals surface area contributed by atoms with E-state index in [1.54, 1.807) is 12.1 Å². The van der Waals surface area contributed by atoms with Crippen LogP contribution in [0.5, 0.6) is 5.75 Å². The van der Waals surface area contributed by atoms with Crippen LogP contribution in [0.4, 0.5) is 22.0 Å². The van der Waals surface area contributed by atoms with Crippen LogP contribution in [0.3, 0.4) is 0 Å². The minimum atomic E-state index is -4.22. The number of aliphatic hydroxyl groups is 1. The lowest BCUT2D eigenvalue weighted by molar-refractivity contribution is -0.185. The average Bonchev–Trinajstić information content (AvgIpc) is 2.85. The summed E-state index contributed by atoms with van der Waals surface area (Å²) in [4.78, 5) is 13.2. The number of carbonyl (C=O) groups excluding carboxylic acids is 1. The Balaban J connectivity index is 0.00000167. The van der Waals surface area contributed by atoms with Gasteiger partial charge in [-0.25, -0.2) is 8.78 Å². The predicted octanol–water partition coefficient (Wildman–Crippen LogP) is 6.30. The van der Waals surface area contributed by atoms with Gasteiger partial charge in [-0.1, -0.05) is 18.2 Å². The monoisotopic (exact) mass is 501 g/mol. The third-order valence-electron chi connectivity index (χ3n) is 6.97. The SMILES string of the molecule is CO.O=CC1CCN(Cc2ccc3c(C(F)F)c(OC4CCC(C(F)(F)F)CC4)ccc3c2)CC1. The van der Waals surface area contributed by atoms with Crippen LogP contribution in [-0.2, 0) is 11.3 Å². The fraction of sp³-hybridized carbons (Fsp3) is 0.577. The van der Waals surface area contributed by atoms with Crippen molar-refractivity contribution in [3.63, 3.8) is 0 Å². The van der Waals surface area contributed by atoms with Gasteiger partial charge in [-0.15, -0.1) is 0 Å². The lowest BCUT2D eigenvalue weighted by Crippen LogP contribution is -2.33. The van der Waals surface area contributed by atoms with Gasteiger partial charge in [-0.2, -0.15) is 13.2 Å². The molecule has 4 rings (SSSR count).